The van der Waals surface area contributed by atoms with Crippen LogP contribution in [0.5, 0.6) is 11.5 Å². The van der Waals surface area contributed by atoms with Crippen LogP contribution in [0.25, 0.3) is 0 Å². The van der Waals surface area contributed by atoms with Crippen LogP contribution in [0.3, 0.4) is 0 Å². The van der Waals surface area contributed by atoms with Gasteiger partial charge in [0, 0.05) is 6.04 Å². The molecule has 1 aromatic carbocycles. The molecule has 0 bridgehead atoms. The summed E-state index contributed by atoms with van der Waals surface area (Å²) in [6.45, 7) is 3.64. The minimum absolute atomic E-state index is 0.101. The fourth-order valence-electron chi connectivity index (χ4n) is 1.52. The first-order valence-electron chi connectivity index (χ1n) is 5.55. The molecule has 0 saturated carbocycles. The summed E-state index contributed by atoms with van der Waals surface area (Å²) < 4.78 is 10.7. The van der Waals surface area contributed by atoms with Crippen molar-refractivity contribution < 1.29 is 9.47 Å². The zero-order valence-electron chi connectivity index (χ0n) is 10.4. The second kappa shape index (κ2) is 6.12. The molecule has 0 saturated heterocycles. The van der Waals surface area contributed by atoms with E-state index in [2.05, 4.69) is 0 Å². The highest BCUT2D eigenvalue weighted by atomic mass is 16.5. The fourth-order valence-corrected chi connectivity index (χ4v) is 1.52. The largest absolute Gasteiger partial charge is 0.493 e. The SMILES string of the molecule is COc1cc(CC(C)N)ccc1OC(C)C#N. The van der Waals surface area contributed by atoms with E-state index in [9.17, 15) is 0 Å². The van der Waals surface area contributed by atoms with Gasteiger partial charge in [0.2, 0.25) is 0 Å². The quantitative estimate of drug-likeness (QED) is 0.844. The van der Waals surface area contributed by atoms with Gasteiger partial charge in [-0.2, -0.15) is 5.26 Å². The van der Waals surface area contributed by atoms with Gasteiger partial charge in [-0.3, -0.25) is 0 Å². The van der Waals surface area contributed by atoms with Gasteiger partial charge in [0.15, 0.2) is 17.6 Å². The van der Waals surface area contributed by atoms with Crippen LogP contribution in [0.15, 0.2) is 18.2 Å². The van der Waals surface area contributed by atoms with E-state index in [-0.39, 0.29) is 6.04 Å². The zero-order valence-corrected chi connectivity index (χ0v) is 10.4. The molecule has 0 aliphatic rings. The molecule has 1 rings (SSSR count). The molecule has 0 aromatic heterocycles. The molecule has 2 unspecified atom stereocenters. The van der Waals surface area contributed by atoms with E-state index < -0.39 is 6.10 Å². The van der Waals surface area contributed by atoms with Crippen molar-refractivity contribution in [3.05, 3.63) is 23.8 Å². The minimum Gasteiger partial charge on any atom is -0.493 e. The van der Waals surface area contributed by atoms with Crippen LogP contribution in [-0.2, 0) is 6.42 Å². The van der Waals surface area contributed by atoms with Gasteiger partial charge in [-0.25, -0.2) is 0 Å². The molecule has 0 aliphatic carbocycles. The number of benzene rings is 1. The molecule has 0 heterocycles. The molecule has 2 atom stereocenters. The van der Waals surface area contributed by atoms with Gasteiger partial charge in [-0.15, -0.1) is 0 Å². The first kappa shape index (κ1) is 13.3. The third-order valence-corrected chi connectivity index (χ3v) is 2.27. The predicted molar refractivity (Wildman–Crippen MR) is 66.1 cm³/mol. The monoisotopic (exact) mass is 234 g/mol. The maximum atomic E-state index is 8.70. The number of nitrogens with zero attached hydrogens (tertiary/aromatic N) is 1. The lowest BCUT2D eigenvalue weighted by Crippen LogP contribution is -2.17. The molecule has 92 valence electrons. The van der Waals surface area contributed by atoms with E-state index in [1.807, 2.05) is 31.2 Å². The van der Waals surface area contributed by atoms with Gasteiger partial charge in [0.25, 0.3) is 0 Å². The van der Waals surface area contributed by atoms with Gasteiger partial charge in [0.05, 0.1) is 7.11 Å². The van der Waals surface area contributed by atoms with E-state index >= 15 is 0 Å². The topological polar surface area (TPSA) is 68.3 Å². The fraction of sp³-hybridized carbons (Fsp3) is 0.462. The van der Waals surface area contributed by atoms with Gasteiger partial charge in [-0.05, 0) is 38.0 Å². The third-order valence-electron chi connectivity index (χ3n) is 2.27. The Labute approximate surface area is 102 Å². The van der Waals surface area contributed by atoms with E-state index in [0.717, 1.165) is 12.0 Å². The Morgan fingerprint density at radius 1 is 1.35 bits per heavy atom. The summed E-state index contributed by atoms with van der Waals surface area (Å²) in [7, 11) is 1.58. The highest BCUT2D eigenvalue weighted by Gasteiger charge is 2.09. The Hall–Kier alpha value is -1.73. The average molecular weight is 234 g/mol. The maximum Gasteiger partial charge on any atom is 0.181 e. The number of hydrogen-bond acceptors (Lipinski definition) is 4. The normalized spacial score (nSPS) is 13.6. The highest BCUT2D eigenvalue weighted by molar-refractivity contribution is 5.43. The van der Waals surface area contributed by atoms with Crippen molar-refractivity contribution in [3.63, 3.8) is 0 Å². The van der Waals surface area contributed by atoms with Gasteiger partial charge in [-0.1, -0.05) is 6.07 Å². The van der Waals surface area contributed by atoms with Crippen LogP contribution in [0.2, 0.25) is 0 Å². The molecule has 2 N–H and O–H groups in total. The Bertz CT molecular complexity index is 410. The van der Waals surface area contributed by atoms with Crippen LogP contribution in [0.4, 0.5) is 0 Å². The molecular weight excluding hydrogens is 216 g/mol. The number of methoxy groups -OCH3 is 1. The lowest BCUT2D eigenvalue weighted by atomic mass is 10.1. The molecule has 17 heavy (non-hydrogen) atoms. The number of ether oxygens (including phenoxy) is 2. The Morgan fingerprint density at radius 2 is 2.06 bits per heavy atom. The standard InChI is InChI=1S/C13H18N2O2/c1-9(15)6-11-4-5-12(13(7-11)16-3)17-10(2)8-14/h4-5,7,9-10H,6,15H2,1-3H3. The van der Waals surface area contributed by atoms with Crippen molar-refractivity contribution in [2.75, 3.05) is 7.11 Å². The first-order valence-corrected chi connectivity index (χ1v) is 5.55. The van der Waals surface area contributed by atoms with Crippen molar-refractivity contribution in [2.45, 2.75) is 32.4 Å². The van der Waals surface area contributed by atoms with Crippen molar-refractivity contribution in [3.8, 4) is 17.6 Å². The lowest BCUT2D eigenvalue weighted by molar-refractivity contribution is 0.260. The Kier molecular flexibility index (Phi) is 4.80. The average Bonchev–Trinajstić information content (AvgIpc) is 2.30. The maximum absolute atomic E-state index is 8.70. The van der Waals surface area contributed by atoms with Crippen LogP contribution >= 0.6 is 0 Å². The highest BCUT2D eigenvalue weighted by Crippen LogP contribution is 2.29. The number of hydrogen-bond donors (Lipinski definition) is 1. The Morgan fingerprint density at radius 3 is 2.59 bits per heavy atom. The van der Waals surface area contributed by atoms with Gasteiger partial charge >= 0.3 is 0 Å². The molecule has 0 fully saturated rings. The van der Waals surface area contributed by atoms with Crippen LogP contribution in [-0.4, -0.2) is 19.3 Å². The summed E-state index contributed by atoms with van der Waals surface area (Å²) >= 11 is 0. The number of rotatable bonds is 5. The lowest BCUT2D eigenvalue weighted by Gasteiger charge is -2.14. The summed E-state index contributed by atoms with van der Waals surface area (Å²) in [4.78, 5) is 0. The molecule has 0 spiro atoms. The van der Waals surface area contributed by atoms with Crippen LogP contribution in [0, 0.1) is 11.3 Å². The first-order chi connectivity index (χ1) is 8.06. The summed E-state index contributed by atoms with van der Waals surface area (Å²) in [5, 5.41) is 8.70. The van der Waals surface area contributed by atoms with E-state index in [1.54, 1.807) is 14.0 Å². The van der Waals surface area contributed by atoms with Crippen molar-refractivity contribution >= 4 is 0 Å². The number of nitriles is 1. The summed E-state index contributed by atoms with van der Waals surface area (Å²) in [5.41, 5.74) is 6.83. The van der Waals surface area contributed by atoms with Crippen molar-refractivity contribution in [1.82, 2.24) is 0 Å². The molecule has 1 aromatic rings. The molecule has 4 heteroatoms. The smallest absolute Gasteiger partial charge is 0.181 e. The second-order valence-electron chi connectivity index (χ2n) is 4.06. The zero-order chi connectivity index (χ0) is 12.8. The predicted octanol–water partition coefficient (Wildman–Crippen LogP) is 1.88. The molecule has 4 nitrogen and oxygen atoms in total. The molecular formula is C13H18N2O2. The van der Waals surface area contributed by atoms with Gasteiger partial charge < -0.3 is 15.2 Å². The second-order valence-corrected chi connectivity index (χ2v) is 4.06. The Balaban J connectivity index is 2.90. The summed E-state index contributed by atoms with van der Waals surface area (Å²) in [6, 6.07) is 7.75. The van der Waals surface area contributed by atoms with Crippen LogP contribution < -0.4 is 15.2 Å². The molecule has 0 radical (unpaired) electrons. The van der Waals surface area contributed by atoms with Crippen molar-refractivity contribution in [2.24, 2.45) is 5.73 Å². The molecule has 0 amide bonds. The summed E-state index contributed by atoms with van der Waals surface area (Å²) in [5.74, 6) is 1.21. The third kappa shape index (κ3) is 3.97. The van der Waals surface area contributed by atoms with Crippen LogP contribution in [0.1, 0.15) is 19.4 Å². The van der Waals surface area contributed by atoms with E-state index in [1.165, 1.54) is 0 Å². The van der Waals surface area contributed by atoms with Crippen molar-refractivity contribution in [1.29, 1.82) is 5.26 Å². The molecule has 0 aliphatic heterocycles. The summed E-state index contributed by atoms with van der Waals surface area (Å²) in [6.07, 6.45) is 0.285. The minimum atomic E-state index is -0.497. The van der Waals surface area contributed by atoms with E-state index in [4.69, 9.17) is 20.5 Å². The van der Waals surface area contributed by atoms with Gasteiger partial charge in [0.1, 0.15) is 6.07 Å². The number of nitrogens with two attached hydrogens (primary N) is 1. The van der Waals surface area contributed by atoms with E-state index in [0.29, 0.717) is 11.5 Å².